The second-order valence-corrected chi connectivity index (χ2v) is 24.7. The fourth-order valence-electron chi connectivity index (χ4n) is 3.17. The van der Waals surface area contributed by atoms with Crippen molar-refractivity contribution in [3.63, 3.8) is 0 Å². The molecule has 0 amide bonds. The second kappa shape index (κ2) is 9.67. The van der Waals surface area contributed by atoms with Gasteiger partial charge in [-0.15, -0.1) is 0 Å². The summed E-state index contributed by atoms with van der Waals surface area (Å²) in [5.74, 6) is -27.8. The lowest BCUT2D eigenvalue weighted by Gasteiger charge is -2.41. The monoisotopic (exact) mass is 594 g/mol. The van der Waals surface area contributed by atoms with E-state index in [1.54, 1.807) is 13.1 Å². The molecule has 0 aromatic heterocycles. The largest absolute Gasteiger partial charge is 0.460 e. The van der Waals surface area contributed by atoms with E-state index in [4.69, 9.17) is 12.3 Å². The van der Waals surface area contributed by atoms with Crippen molar-refractivity contribution < 1.29 is 65.4 Å². The smallest absolute Gasteiger partial charge is 0.436 e. The van der Waals surface area contributed by atoms with Crippen LogP contribution in [0.5, 0.6) is 0 Å². The van der Waals surface area contributed by atoms with Crippen molar-refractivity contribution in [2.24, 2.45) is 0 Å². The molecule has 0 aliphatic rings. The van der Waals surface area contributed by atoms with Crippen molar-refractivity contribution >= 4 is 34.0 Å². The van der Waals surface area contributed by atoms with E-state index in [1.807, 2.05) is 0 Å². The van der Waals surface area contributed by atoms with Crippen molar-refractivity contribution in [1.29, 1.82) is 0 Å². The molecule has 4 nitrogen and oxygen atoms in total. The van der Waals surface area contributed by atoms with E-state index < -0.39 is 76.3 Å². The van der Waals surface area contributed by atoms with Crippen LogP contribution in [-0.2, 0) is 12.3 Å². The summed E-state index contributed by atoms with van der Waals surface area (Å²) in [6, 6.07) is -0.994. The Bertz CT molecular complexity index is 707. The van der Waals surface area contributed by atoms with Crippen molar-refractivity contribution in [2.45, 2.75) is 94.7 Å². The van der Waals surface area contributed by atoms with Gasteiger partial charge in [0.25, 0.3) is 0 Å². The molecule has 1 N–H and O–H groups in total. The van der Waals surface area contributed by atoms with Crippen molar-refractivity contribution in [2.75, 3.05) is 0 Å². The molecular weight excluding hydrogens is 565 g/mol. The lowest BCUT2D eigenvalue weighted by Crippen LogP contribution is -2.66. The van der Waals surface area contributed by atoms with E-state index in [0.717, 1.165) is 0 Å². The standard InChI is InChI=1S/C15H29F11O4Si4/c1-31(2,28-33(5,6)30-34(7,8)29-32(3,4)27)10-9-11(16,17)12(18,19)13(20,21)14(22,23)15(24,25)26/h27H,9-10H2,1-8H3. The first-order chi connectivity index (χ1) is 14.3. The Labute approximate surface area is 194 Å². The molecule has 0 aliphatic heterocycles. The van der Waals surface area contributed by atoms with Crippen molar-refractivity contribution in [1.82, 2.24) is 0 Å². The van der Waals surface area contributed by atoms with Gasteiger partial charge in [0.15, 0.2) is 8.32 Å². The lowest BCUT2D eigenvalue weighted by atomic mass is 9.96. The highest BCUT2D eigenvalue weighted by Crippen LogP contribution is 2.58. The highest BCUT2D eigenvalue weighted by Gasteiger charge is 2.86. The first-order valence-electron chi connectivity index (χ1n) is 9.73. The summed E-state index contributed by atoms with van der Waals surface area (Å²) >= 11 is 0. The van der Waals surface area contributed by atoms with Gasteiger partial charge in [-0.1, -0.05) is 0 Å². The van der Waals surface area contributed by atoms with Crippen LogP contribution in [0, 0.1) is 0 Å². The molecule has 0 aromatic rings. The quantitative estimate of drug-likeness (QED) is 0.199. The molecule has 0 rings (SSSR count). The maximum absolute atomic E-state index is 14.0. The third kappa shape index (κ3) is 8.23. The van der Waals surface area contributed by atoms with Crippen LogP contribution in [0.25, 0.3) is 0 Å². The van der Waals surface area contributed by atoms with E-state index in [1.165, 1.54) is 39.3 Å². The molecule has 0 aliphatic carbocycles. The van der Waals surface area contributed by atoms with Crippen LogP contribution in [-0.4, -0.2) is 68.7 Å². The average Bonchev–Trinajstić information content (AvgIpc) is 2.46. The van der Waals surface area contributed by atoms with Gasteiger partial charge in [-0.3, -0.25) is 0 Å². The van der Waals surface area contributed by atoms with E-state index in [-0.39, 0.29) is 0 Å². The van der Waals surface area contributed by atoms with Crippen molar-refractivity contribution in [3.05, 3.63) is 0 Å². The fraction of sp³-hybridized carbons (Fsp3) is 1.00. The van der Waals surface area contributed by atoms with Crippen molar-refractivity contribution in [3.8, 4) is 0 Å². The molecule has 0 heterocycles. The maximum Gasteiger partial charge on any atom is 0.460 e. The van der Waals surface area contributed by atoms with E-state index in [9.17, 15) is 53.1 Å². The lowest BCUT2D eigenvalue weighted by molar-refractivity contribution is -0.422. The Kier molecular flexibility index (Phi) is 9.65. The molecule has 0 aromatic carbocycles. The number of hydrogen-bond donors (Lipinski definition) is 1. The topological polar surface area (TPSA) is 47.9 Å². The minimum atomic E-state index is -7.42. The third-order valence-corrected chi connectivity index (χ3v) is 17.7. The minimum absolute atomic E-state index is 0.994. The zero-order valence-corrected chi connectivity index (χ0v) is 23.7. The van der Waals surface area contributed by atoms with Gasteiger partial charge in [0.2, 0.25) is 0 Å². The van der Waals surface area contributed by atoms with Gasteiger partial charge >= 0.3 is 55.5 Å². The summed E-state index contributed by atoms with van der Waals surface area (Å²) in [6.07, 6.45) is -9.33. The van der Waals surface area contributed by atoms with Gasteiger partial charge in [0.05, 0.1) is 0 Å². The number of rotatable bonds is 12. The molecule has 0 fully saturated rings. The van der Waals surface area contributed by atoms with Gasteiger partial charge < -0.3 is 17.1 Å². The zero-order chi connectivity index (χ0) is 28.0. The normalized spacial score (nSPS) is 16.2. The van der Waals surface area contributed by atoms with Crippen LogP contribution < -0.4 is 0 Å². The Morgan fingerprint density at radius 1 is 0.559 bits per heavy atom. The predicted molar refractivity (Wildman–Crippen MR) is 111 cm³/mol. The number of alkyl halides is 11. The van der Waals surface area contributed by atoms with E-state index in [0.29, 0.717) is 0 Å². The van der Waals surface area contributed by atoms with Crippen LogP contribution in [0.3, 0.4) is 0 Å². The molecule has 0 unspecified atom stereocenters. The average molecular weight is 595 g/mol. The third-order valence-electron chi connectivity index (χ3n) is 4.15. The molecule has 19 heteroatoms. The Morgan fingerprint density at radius 3 is 1.29 bits per heavy atom. The minimum Gasteiger partial charge on any atom is -0.436 e. The molecule has 0 saturated carbocycles. The van der Waals surface area contributed by atoms with E-state index >= 15 is 0 Å². The summed E-state index contributed by atoms with van der Waals surface area (Å²) in [5, 5.41) is 0. The van der Waals surface area contributed by atoms with Crippen LogP contribution in [0.1, 0.15) is 6.42 Å². The summed E-state index contributed by atoms with van der Waals surface area (Å²) in [4.78, 5) is 9.92. The Hall–Kier alpha value is -0.0625. The van der Waals surface area contributed by atoms with Gasteiger partial charge in [0, 0.05) is 6.42 Å². The first kappa shape index (κ1) is 33.9. The highest BCUT2D eigenvalue weighted by atomic mass is 28.5. The van der Waals surface area contributed by atoms with Gasteiger partial charge in [0.1, 0.15) is 0 Å². The van der Waals surface area contributed by atoms with Gasteiger partial charge in [-0.05, 0) is 58.4 Å². The second-order valence-electron chi connectivity index (χ2n) is 9.74. The first-order valence-corrected chi connectivity index (χ1v) is 21.3. The Balaban J connectivity index is 5.62. The summed E-state index contributed by atoms with van der Waals surface area (Å²) < 4.78 is 162. The zero-order valence-electron chi connectivity index (χ0n) is 19.7. The maximum atomic E-state index is 14.0. The van der Waals surface area contributed by atoms with Crippen LogP contribution >= 0.6 is 0 Å². The van der Waals surface area contributed by atoms with Gasteiger partial charge in [-0.2, -0.15) is 48.3 Å². The van der Waals surface area contributed by atoms with Crippen LogP contribution in [0.2, 0.25) is 58.4 Å². The summed E-state index contributed by atoms with van der Waals surface area (Å²) in [5.41, 5.74) is 0. The molecule has 0 saturated heterocycles. The van der Waals surface area contributed by atoms with Crippen LogP contribution in [0.15, 0.2) is 0 Å². The highest BCUT2D eigenvalue weighted by molar-refractivity contribution is 6.88. The van der Waals surface area contributed by atoms with Crippen LogP contribution in [0.4, 0.5) is 48.3 Å². The Morgan fingerprint density at radius 2 is 0.941 bits per heavy atom. The summed E-state index contributed by atoms with van der Waals surface area (Å²) in [6.45, 7) is 11.4. The summed E-state index contributed by atoms with van der Waals surface area (Å²) in [7, 11) is -12.7. The molecule has 0 bridgehead atoms. The molecule has 0 radical (unpaired) electrons. The molecular formula is C15H29F11O4Si4. The molecule has 0 atom stereocenters. The number of halogens is 11. The fourth-order valence-corrected chi connectivity index (χ4v) is 20.4. The molecule has 34 heavy (non-hydrogen) atoms. The SMILES string of the molecule is C[Si](C)(O)O[Si](C)(C)O[Si](C)(C)O[Si](C)(C)CCC(F)(F)C(F)(F)C(F)(F)C(F)(F)C(F)(F)F. The number of hydrogen-bond acceptors (Lipinski definition) is 4. The predicted octanol–water partition coefficient (Wildman–Crippen LogP) is 6.83. The molecule has 206 valence electrons. The molecule has 0 spiro atoms. The van der Waals surface area contributed by atoms with Gasteiger partial charge in [-0.25, -0.2) is 0 Å². The van der Waals surface area contributed by atoms with E-state index in [2.05, 4.69) is 0 Å².